The minimum Gasteiger partial charge on any atom is -0.307 e. The van der Waals surface area contributed by atoms with Crippen LogP contribution in [0.1, 0.15) is 24.9 Å². The van der Waals surface area contributed by atoms with Gasteiger partial charge in [-0.25, -0.2) is 4.39 Å². The molecule has 1 unspecified atom stereocenters. The van der Waals surface area contributed by atoms with Crippen molar-refractivity contribution in [2.75, 3.05) is 5.32 Å². The number of nitrogens with zero attached hydrogens (tertiary/aromatic N) is 5. The molecule has 0 aliphatic rings. The second-order valence-electron chi connectivity index (χ2n) is 5.88. The van der Waals surface area contributed by atoms with Gasteiger partial charge in [-0.3, -0.25) is 24.3 Å². The number of nitrogens with one attached hydrogen (secondary N) is 1. The maximum Gasteiger partial charge on any atom is 0.307 e. The molecule has 0 saturated heterocycles. The van der Waals surface area contributed by atoms with E-state index in [2.05, 4.69) is 15.5 Å². The zero-order chi connectivity index (χ0) is 19.4. The van der Waals surface area contributed by atoms with Crippen molar-refractivity contribution in [2.24, 2.45) is 0 Å². The molecule has 0 bridgehead atoms. The molecule has 2 heterocycles. The third-order valence-corrected chi connectivity index (χ3v) is 3.93. The first-order chi connectivity index (χ1) is 13.0. The molecule has 1 amide bonds. The monoisotopic (exact) mass is 372 g/mol. The molecule has 0 fully saturated rings. The van der Waals surface area contributed by atoms with Crippen LogP contribution in [-0.2, 0) is 11.3 Å². The van der Waals surface area contributed by atoms with Gasteiger partial charge in [0.2, 0.25) is 5.91 Å². The van der Waals surface area contributed by atoms with Crippen LogP contribution in [0.5, 0.6) is 0 Å². The number of nitro groups is 1. The van der Waals surface area contributed by atoms with Crippen LogP contribution >= 0.6 is 0 Å². The van der Waals surface area contributed by atoms with Crippen molar-refractivity contribution in [1.29, 1.82) is 0 Å². The Hall–Kier alpha value is -3.56. The fourth-order valence-corrected chi connectivity index (χ4v) is 2.63. The molecular formula is C17H17FN6O3. The van der Waals surface area contributed by atoms with Crippen molar-refractivity contribution in [1.82, 2.24) is 19.6 Å². The predicted molar refractivity (Wildman–Crippen MR) is 94.6 cm³/mol. The van der Waals surface area contributed by atoms with E-state index in [1.807, 2.05) is 0 Å². The lowest BCUT2D eigenvalue weighted by atomic mass is 10.2. The van der Waals surface area contributed by atoms with E-state index in [-0.39, 0.29) is 17.4 Å². The topological polar surface area (TPSA) is 108 Å². The molecule has 3 rings (SSSR count). The highest BCUT2D eigenvalue weighted by Crippen LogP contribution is 2.18. The van der Waals surface area contributed by atoms with Crippen molar-refractivity contribution < 1.29 is 14.1 Å². The molecule has 9 nitrogen and oxygen atoms in total. The van der Waals surface area contributed by atoms with Gasteiger partial charge in [-0.1, -0.05) is 19.1 Å². The molecule has 0 spiro atoms. The van der Waals surface area contributed by atoms with E-state index in [4.69, 9.17) is 0 Å². The Morgan fingerprint density at radius 3 is 2.89 bits per heavy atom. The summed E-state index contributed by atoms with van der Waals surface area (Å²) in [7, 11) is 0. The van der Waals surface area contributed by atoms with Gasteiger partial charge in [0.25, 0.3) is 0 Å². The maximum atomic E-state index is 13.3. The smallest absolute Gasteiger partial charge is 0.307 e. The minimum absolute atomic E-state index is 0.180. The Labute approximate surface area is 153 Å². The summed E-state index contributed by atoms with van der Waals surface area (Å²) < 4.78 is 16.1. The summed E-state index contributed by atoms with van der Waals surface area (Å²) in [4.78, 5) is 22.7. The number of aromatic nitrogens is 4. The Bertz CT molecular complexity index is 967. The molecular weight excluding hydrogens is 355 g/mol. The van der Waals surface area contributed by atoms with Crippen LogP contribution in [0, 0.1) is 15.9 Å². The minimum atomic E-state index is -0.702. The van der Waals surface area contributed by atoms with E-state index < -0.39 is 11.0 Å². The number of benzene rings is 1. The Balaban J connectivity index is 1.67. The first-order valence-electron chi connectivity index (χ1n) is 8.23. The Morgan fingerprint density at radius 2 is 2.22 bits per heavy atom. The molecule has 2 aromatic heterocycles. The number of amides is 1. The van der Waals surface area contributed by atoms with E-state index in [0.717, 1.165) is 11.8 Å². The first-order valence-corrected chi connectivity index (χ1v) is 8.23. The third kappa shape index (κ3) is 4.35. The van der Waals surface area contributed by atoms with Gasteiger partial charge in [0.05, 0.1) is 11.5 Å². The Morgan fingerprint density at radius 1 is 1.41 bits per heavy atom. The molecule has 27 heavy (non-hydrogen) atoms. The summed E-state index contributed by atoms with van der Waals surface area (Å²) in [6.45, 7) is 2.14. The standard InChI is InChI=1S/C17H17FN6O3/c1-2-15(23-11-14(9-19-23)24(26)27)17(25)20-16-6-7-22(21-16)10-12-4-3-5-13(18)8-12/h3-9,11,15H,2,10H2,1H3,(H,20,21,25). The molecule has 1 atom stereocenters. The van der Waals surface area contributed by atoms with Gasteiger partial charge in [0.1, 0.15) is 24.3 Å². The summed E-state index contributed by atoms with van der Waals surface area (Å²) in [5.41, 5.74) is 0.562. The summed E-state index contributed by atoms with van der Waals surface area (Å²) in [5.74, 6) is -0.379. The molecule has 1 N–H and O–H groups in total. The third-order valence-electron chi connectivity index (χ3n) is 3.93. The largest absolute Gasteiger partial charge is 0.307 e. The highest BCUT2D eigenvalue weighted by atomic mass is 19.1. The normalized spacial score (nSPS) is 11.9. The summed E-state index contributed by atoms with van der Waals surface area (Å²) in [5, 5.41) is 21.6. The number of hydrogen-bond acceptors (Lipinski definition) is 5. The predicted octanol–water partition coefficient (Wildman–Crippen LogP) is 2.77. The lowest BCUT2D eigenvalue weighted by Crippen LogP contribution is -2.26. The van der Waals surface area contributed by atoms with Gasteiger partial charge in [0.15, 0.2) is 5.82 Å². The van der Waals surface area contributed by atoms with E-state index >= 15 is 0 Å². The number of carbonyl (C=O) groups excluding carboxylic acids is 1. The second kappa shape index (κ2) is 7.77. The quantitative estimate of drug-likeness (QED) is 0.507. The van der Waals surface area contributed by atoms with Crippen LogP contribution in [0.3, 0.4) is 0 Å². The van der Waals surface area contributed by atoms with Crippen molar-refractivity contribution in [3.05, 3.63) is 70.4 Å². The fraction of sp³-hybridized carbons (Fsp3) is 0.235. The molecule has 140 valence electrons. The molecule has 0 aliphatic carbocycles. The van der Waals surface area contributed by atoms with Gasteiger partial charge >= 0.3 is 5.69 Å². The van der Waals surface area contributed by atoms with Crippen molar-refractivity contribution >= 4 is 17.4 Å². The molecule has 1 aromatic carbocycles. The van der Waals surface area contributed by atoms with Gasteiger partial charge in [-0.15, -0.1) is 0 Å². The van der Waals surface area contributed by atoms with Crippen molar-refractivity contribution in [3.8, 4) is 0 Å². The zero-order valence-corrected chi connectivity index (χ0v) is 14.4. The van der Waals surface area contributed by atoms with Gasteiger partial charge in [0, 0.05) is 12.3 Å². The second-order valence-corrected chi connectivity index (χ2v) is 5.88. The van der Waals surface area contributed by atoms with Crippen LogP contribution in [0.2, 0.25) is 0 Å². The number of anilines is 1. The summed E-state index contributed by atoms with van der Waals surface area (Å²) in [6.07, 6.45) is 4.38. The van der Waals surface area contributed by atoms with E-state index in [1.165, 1.54) is 23.0 Å². The van der Waals surface area contributed by atoms with Crippen LogP contribution in [0.4, 0.5) is 15.9 Å². The van der Waals surface area contributed by atoms with E-state index in [1.54, 1.807) is 36.0 Å². The maximum absolute atomic E-state index is 13.3. The number of rotatable bonds is 7. The van der Waals surface area contributed by atoms with E-state index in [9.17, 15) is 19.3 Å². The highest BCUT2D eigenvalue weighted by Gasteiger charge is 2.22. The van der Waals surface area contributed by atoms with Crippen LogP contribution in [-0.4, -0.2) is 30.4 Å². The molecule has 10 heteroatoms. The average molecular weight is 372 g/mol. The lowest BCUT2D eigenvalue weighted by molar-refractivity contribution is -0.385. The molecule has 0 radical (unpaired) electrons. The average Bonchev–Trinajstić information content (AvgIpc) is 3.26. The van der Waals surface area contributed by atoms with Crippen LogP contribution in [0.15, 0.2) is 48.9 Å². The SMILES string of the molecule is CCC(C(=O)Nc1ccn(Cc2cccc(F)c2)n1)n1cc([N+](=O)[O-])cn1. The van der Waals surface area contributed by atoms with Gasteiger partial charge in [-0.2, -0.15) is 10.2 Å². The molecule has 0 aliphatic heterocycles. The lowest BCUT2D eigenvalue weighted by Gasteiger charge is -2.13. The first kappa shape index (κ1) is 18.2. The van der Waals surface area contributed by atoms with Gasteiger partial charge < -0.3 is 5.32 Å². The fourth-order valence-electron chi connectivity index (χ4n) is 2.63. The van der Waals surface area contributed by atoms with Gasteiger partial charge in [-0.05, 0) is 24.1 Å². The summed E-state index contributed by atoms with van der Waals surface area (Å²) >= 11 is 0. The zero-order valence-electron chi connectivity index (χ0n) is 14.4. The van der Waals surface area contributed by atoms with Crippen LogP contribution < -0.4 is 5.32 Å². The number of halogens is 1. The Kier molecular flexibility index (Phi) is 5.25. The van der Waals surface area contributed by atoms with Crippen molar-refractivity contribution in [2.45, 2.75) is 25.9 Å². The number of carbonyl (C=O) groups is 1. The van der Waals surface area contributed by atoms with Crippen LogP contribution in [0.25, 0.3) is 0 Å². The number of hydrogen-bond donors (Lipinski definition) is 1. The molecule has 3 aromatic rings. The van der Waals surface area contributed by atoms with E-state index in [0.29, 0.717) is 18.8 Å². The highest BCUT2D eigenvalue weighted by molar-refractivity contribution is 5.92. The molecule has 0 saturated carbocycles. The van der Waals surface area contributed by atoms with Crippen molar-refractivity contribution in [3.63, 3.8) is 0 Å². The summed E-state index contributed by atoms with van der Waals surface area (Å²) in [6, 6.07) is 7.09.